The fraction of sp³-hybridized carbons (Fsp3) is 0.727. The van der Waals surface area contributed by atoms with Gasteiger partial charge >= 0.3 is 0 Å². The van der Waals surface area contributed by atoms with Gasteiger partial charge in [-0.05, 0) is 33.2 Å². The van der Waals surface area contributed by atoms with Crippen molar-refractivity contribution in [2.24, 2.45) is 0 Å². The van der Waals surface area contributed by atoms with E-state index in [2.05, 4.69) is 24.3 Å². The summed E-state index contributed by atoms with van der Waals surface area (Å²) in [5.74, 6) is 0. The Hall–Kier alpha value is -0.540. The zero-order valence-corrected chi connectivity index (χ0v) is 10.5. The lowest BCUT2D eigenvalue weighted by molar-refractivity contribution is 0.495. The van der Waals surface area contributed by atoms with Crippen LogP contribution in [0.4, 0.5) is 0 Å². The highest BCUT2D eigenvalue weighted by Gasteiger charge is 2.10. The van der Waals surface area contributed by atoms with Crippen LogP contribution >= 0.6 is 11.6 Å². The quantitative estimate of drug-likeness (QED) is 0.813. The molecule has 1 atom stereocenters. The Morgan fingerprint density at radius 1 is 1.53 bits per heavy atom. The summed E-state index contributed by atoms with van der Waals surface area (Å²) in [5, 5.41) is 8.32. The highest BCUT2D eigenvalue weighted by molar-refractivity contribution is 6.31. The van der Waals surface area contributed by atoms with Crippen LogP contribution in [0.15, 0.2) is 6.20 Å². The maximum absolute atomic E-state index is 6.09. The van der Waals surface area contributed by atoms with Crippen LogP contribution in [0.2, 0.25) is 5.02 Å². The fourth-order valence-electron chi connectivity index (χ4n) is 1.77. The van der Waals surface area contributed by atoms with Gasteiger partial charge in [-0.2, -0.15) is 5.10 Å². The molecule has 0 aliphatic carbocycles. The van der Waals surface area contributed by atoms with Gasteiger partial charge in [-0.1, -0.05) is 18.5 Å². The Morgan fingerprint density at radius 2 is 2.27 bits per heavy atom. The van der Waals surface area contributed by atoms with E-state index in [0.717, 1.165) is 36.5 Å². The standard InChI is InChI=1S/C11H20ClN3/c1-4-9(13-3)6-7-11-10(12)8-14-15(11)5-2/h8-9,13H,4-7H2,1-3H3. The number of nitrogens with zero attached hydrogens (tertiary/aromatic N) is 2. The van der Waals surface area contributed by atoms with E-state index >= 15 is 0 Å². The summed E-state index contributed by atoms with van der Waals surface area (Å²) >= 11 is 6.09. The van der Waals surface area contributed by atoms with Crippen molar-refractivity contribution in [1.82, 2.24) is 15.1 Å². The van der Waals surface area contributed by atoms with E-state index in [9.17, 15) is 0 Å². The third-order valence-electron chi connectivity index (χ3n) is 2.83. The molecule has 0 spiro atoms. The molecular weight excluding hydrogens is 210 g/mol. The summed E-state index contributed by atoms with van der Waals surface area (Å²) in [5.41, 5.74) is 1.16. The minimum Gasteiger partial charge on any atom is -0.317 e. The van der Waals surface area contributed by atoms with E-state index in [1.807, 2.05) is 11.7 Å². The molecule has 15 heavy (non-hydrogen) atoms. The summed E-state index contributed by atoms with van der Waals surface area (Å²) in [4.78, 5) is 0. The predicted octanol–water partition coefficient (Wildman–Crippen LogP) is 2.49. The topological polar surface area (TPSA) is 29.9 Å². The SMILES string of the molecule is CCC(CCc1c(Cl)cnn1CC)NC. The van der Waals surface area contributed by atoms with Crippen LogP contribution in [0.25, 0.3) is 0 Å². The van der Waals surface area contributed by atoms with E-state index in [0.29, 0.717) is 6.04 Å². The number of nitrogens with one attached hydrogen (secondary N) is 1. The van der Waals surface area contributed by atoms with Gasteiger partial charge in [0.05, 0.1) is 16.9 Å². The molecule has 0 amide bonds. The molecule has 0 aliphatic rings. The van der Waals surface area contributed by atoms with Crippen LogP contribution in [0.5, 0.6) is 0 Å². The molecule has 1 aromatic rings. The Bertz CT molecular complexity index is 292. The first kappa shape index (κ1) is 12.5. The minimum absolute atomic E-state index is 0.571. The molecule has 0 radical (unpaired) electrons. The maximum Gasteiger partial charge on any atom is 0.0817 e. The average Bonchev–Trinajstić information content (AvgIpc) is 2.61. The van der Waals surface area contributed by atoms with Crippen LogP contribution in [0.1, 0.15) is 32.4 Å². The second kappa shape index (κ2) is 6.13. The molecule has 1 N–H and O–H groups in total. The third-order valence-corrected chi connectivity index (χ3v) is 3.14. The van der Waals surface area contributed by atoms with Gasteiger partial charge < -0.3 is 5.32 Å². The number of hydrogen-bond acceptors (Lipinski definition) is 2. The summed E-state index contributed by atoms with van der Waals surface area (Å²) in [6, 6.07) is 0.571. The molecule has 3 nitrogen and oxygen atoms in total. The smallest absolute Gasteiger partial charge is 0.0817 e. The Morgan fingerprint density at radius 3 is 2.80 bits per heavy atom. The molecule has 86 valence electrons. The number of aryl methyl sites for hydroxylation is 1. The molecule has 0 bridgehead atoms. The van der Waals surface area contributed by atoms with Crippen molar-refractivity contribution in [3.05, 3.63) is 16.9 Å². The number of halogens is 1. The number of rotatable bonds is 6. The molecule has 4 heteroatoms. The van der Waals surface area contributed by atoms with Gasteiger partial charge in [0.25, 0.3) is 0 Å². The summed E-state index contributed by atoms with van der Waals surface area (Å²) < 4.78 is 1.98. The van der Waals surface area contributed by atoms with E-state index < -0.39 is 0 Å². The van der Waals surface area contributed by atoms with Crippen molar-refractivity contribution in [1.29, 1.82) is 0 Å². The predicted molar refractivity (Wildman–Crippen MR) is 64.4 cm³/mol. The van der Waals surface area contributed by atoms with Crippen LogP contribution in [-0.4, -0.2) is 22.9 Å². The Kier molecular flexibility index (Phi) is 5.12. The normalized spacial score (nSPS) is 13.1. The maximum atomic E-state index is 6.09. The zero-order valence-electron chi connectivity index (χ0n) is 9.76. The highest BCUT2D eigenvalue weighted by Crippen LogP contribution is 2.17. The highest BCUT2D eigenvalue weighted by atomic mass is 35.5. The lowest BCUT2D eigenvalue weighted by atomic mass is 10.1. The molecule has 1 rings (SSSR count). The summed E-state index contributed by atoms with van der Waals surface area (Å²) in [6.45, 7) is 5.17. The molecule has 0 aliphatic heterocycles. The third kappa shape index (κ3) is 3.21. The van der Waals surface area contributed by atoms with Gasteiger partial charge in [-0.15, -0.1) is 0 Å². The van der Waals surface area contributed by atoms with E-state index in [-0.39, 0.29) is 0 Å². The van der Waals surface area contributed by atoms with E-state index in [1.54, 1.807) is 6.20 Å². The molecule has 1 heterocycles. The first-order valence-electron chi connectivity index (χ1n) is 5.60. The van der Waals surface area contributed by atoms with Crippen molar-refractivity contribution < 1.29 is 0 Å². The van der Waals surface area contributed by atoms with Crippen LogP contribution in [0.3, 0.4) is 0 Å². The van der Waals surface area contributed by atoms with E-state index in [4.69, 9.17) is 11.6 Å². The lowest BCUT2D eigenvalue weighted by Gasteiger charge is -2.14. The number of hydrogen-bond donors (Lipinski definition) is 1. The lowest BCUT2D eigenvalue weighted by Crippen LogP contribution is -2.25. The molecule has 0 saturated carbocycles. The number of aromatic nitrogens is 2. The Labute approximate surface area is 96.8 Å². The van der Waals surface area contributed by atoms with Gasteiger partial charge in [-0.3, -0.25) is 4.68 Å². The van der Waals surface area contributed by atoms with Gasteiger partial charge in [0.15, 0.2) is 0 Å². The molecule has 0 fully saturated rings. The van der Waals surface area contributed by atoms with Crippen molar-refractivity contribution in [2.45, 2.75) is 45.7 Å². The first-order valence-corrected chi connectivity index (χ1v) is 5.98. The molecule has 0 saturated heterocycles. The minimum atomic E-state index is 0.571. The van der Waals surface area contributed by atoms with E-state index in [1.165, 1.54) is 0 Å². The van der Waals surface area contributed by atoms with Gasteiger partial charge in [-0.25, -0.2) is 0 Å². The van der Waals surface area contributed by atoms with Crippen molar-refractivity contribution in [3.8, 4) is 0 Å². The van der Waals surface area contributed by atoms with Crippen LogP contribution in [0, 0.1) is 0 Å². The molecule has 1 aromatic heterocycles. The summed E-state index contributed by atoms with van der Waals surface area (Å²) in [7, 11) is 2.01. The fourth-order valence-corrected chi connectivity index (χ4v) is 2.01. The summed E-state index contributed by atoms with van der Waals surface area (Å²) in [6.07, 6.45) is 4.99. The average molecular weight is 230 g/mol. The van der Waals surface area contributed by atoms with Gasteiger partial charge in [0.2, 0.25) is 0 Å². The zero-order chi connectivity index (χ0) is 11.3. The monoisotopic (exact) mass is 229 g/mol. The van der Waals surface area contributed by atoms with Crippen LogP contribution in [-0.2, 0) is 13.0 Å². The molecular formula is C11H20ClN3. The first-order chi connectivity index (χ1) is 7.22. The van der Waals surface area contributed by atoms with Crippen molar-refractivity contribution >= 4 is 11.6 Å². The Balaban J connectivity index is 2.59. The second-order valence-corrected chi connectivity index (χ2v) is 4.09. The van der Waals surface area contributed by atoms with Crippen molar-refractivity contribution in [2.75, 3.05) is 7.05 Å². The van der Waals surface area contributed by atoms with Gasteiger partial charge in [0, 0.05) is 12.6 Å². The second-order valence-electron chi connectivity index (χ2n) is 3.69. The molecule has 1 unspecified atom stereocenters. The van der Waals surface area contributed by atoms with Crippen LogP contribution < -0.4 is 5.32 Å². The van der Waals surface area contributed by atoms with Crippen molar-refractivity contribution in [3.63, 3.8) is 0 Å². The van der Waals surface area contributed by atoms with Gasteiger partial charge in [0.1, 0.15) is 0 Å². The largest absolute Gasteiger partial charge is 0.317 e. The molecule has 0 aromatic carbocycles.